The predicted molar refractivity (Wildman–Crippen MR) is 92.9 cm³/mol. The van der Waals surface area contributed by atoms with Crippen molar-refractivity contribution in [2.45, 2.75) is 0 Å². The number of phenols is 1. The number of phenolic OH excluding ortho intramolecular Hbond substituents is 1. The molecule has 0 aliphatic rings. The molecule has 0 aromatic heterocycles. The lowest BCUT2D eigenvalue weighted by molar-refractivity contribution is 0.0508. The van der Waals surface area contributed by atoms with Gasteiger partial charge in [0.05, 0.1) is 5.56 Å². The average molecular weight is 344 g/mol. The van der Waals surface area contributed by atoms with E-state index in [2.05, 4.69) is 0 Å². The van der Waals surface area contributed by atoms with Crippen LogP contribution in [0.25, 0.3) is 6.08 Å². The number of aromatic hydroxyl groups is 1. The molecule has 2 rings (SSSR count). The van der Waals surface area contributed by atoms with Crippen LogP contribution in [0.5, 0.6) is 17.2 Å². The van der Waals surface area contributed by atoms with E-state index >= 15 is 0 Å². The van der Waals surface area contributed by atoms with E-state index in [0.717, 1.165) is 5.56 Å². The van der Waals surface area contributed by atoms with E-state index < -0.39 is 0 Å². The molecule has 0 heterocycles. The average Bonchev–Trinajstić information content (AvgIpc) is 2.63. The highest BCUT2D eigenvalue weighted by molar-refractivity contribution is 6.08. The molecule has 25 heavy (non-hydrogen) atoms. The lowest BCUT2D eigenvalue weighted by Crippen LogP contribution is -2.00. The Morgan fingerprint density at radius 3 is 2.16 bits per heavy atom. The number of methoxy groups -OCH3 is 2. The minimum absolute atomic E-state index is 0.0662. The van der Waals surface area contributed by atoms with Crippen LogP contribution in [0.1, 0.15) is 15.9 Å². The smallest absolute Gasteiger partial charge is 0.189 e. The Labute approximate surface area is 146 Å². The molecule has 6 nitrogen and oxygen atoms in total. The maximum atomic E-state index is 12.2. The molecule has 0 unspecified atom stereocenters. The summed E-state index contributed by atoms with van der Waals surface area (Å²) in [4.78, 5) is 12.2. The molecule has 2 aromatic rings. The van der Waals surface area contributed by atoms with E-state index in [1.807, 2.05) is 12.1 Å². The monoisotopic (exact) mass is 344 g/mol. The Morgan fingerprint density at radius 1 is 0.960 bits per heavy atom. The molecule has 0 saturated carbocycles. The quantitative estimate of drug-likeness (QED) is 0.428. The van der Waals surface area contributed by atoms with Crippen LogP contribution in [-0.2, 0) is 9.47 Å². The summed E-state index contributed by atoms with van der Waals surface area (Å²) in [5.74, 6) is 0.642. The Kier molecular flexibility index (Phi) is 7.00. The Bertz CT molecular complexity index is 721. The van der Waals surface area contributed by atoms with Gasteiger partial charge < -0.3 is 24.1 Å². The lowest BCUT2D eigenvalue weighted by atomic mass is 10.1. The normalized spacial score (nSPS) is 10.8. The first kappa shape index (κ1) is 18.5. The Balaban J connectivity index is 2.02. The van der Waals surface area contributed by atoms with Gasteiger partial charge in [0.2, 0.25) is 0 Å². The number of rotatable bonds is 9. The van der Waals surface area contributed by atoms with Crippen molar-refractivity contribution in [2.75, 3.05) is 27.8 Å². The fraction of sp³-hybridized carbons (Fsp3) is 0.211. The summed E-state index contributed by atoms with van der Waals surface area (Å²) in [6, 6.07) is 11.7. The van der Waals surface area contributed by atoms with Crippen LogP contribution in [0.3, 0.4) is 0 Å². The summed E-state index contributed by atoms with van der Waals surface area (Å²) in [5.41, 5.74) is 1.03. The topological polar surface area (TPSA) is 74.2 Å². The van der Waals surface area contributed by atoms with Crippen LogP contribution in [0.15, 0.2) is 48.5 Å². The summed E-state index contributed by atoms with van der Waals surface area (Å²) >= 11 is 0. The number of carbonyl (C=O) groups excluding carboxylic acids is 1. The molecule has 0 aliphatic heterocycles. The van der Waals surface area contributed by atoms with Crippen molar-refractivity contribution in [2.24, 2.45) is 0 Å². The van der Waals surface area contributed by atoms with Crippen molar-refractivity contribution in [3.8, 4) is 17.2 Å². The minimum atomic E-state index is -0.310. The molecular weight excluding hydrogens is 324 g/mol. The van der Waals surface area contributed by atoms with Crippen LogP contribution in [0, 0.1) is 0 Å². The summed E-state index contributed by atoms with van der Waals surface area (Å²) in [6.07, 6.45) is 3.06. The van der Waals surface area contributed by atoms with E-state index in [9.17, 15) is 9.90 Å². The summed E-state index contributed by atoms with van der Waals surface area (Å²) in [6.45, 7) is 0.244. The van der Waals surface area contributed by atoms with Crippen molar-refractivity contribution in [3.05, 3.63) is 59.7 Å². The standard InChI is InChI=1S/C19H20O6/c1-22-12-24-15-6-3-14(4-7-15)5-10-18(20)17-9-8-16(11-19(17)21)25-13-23-2/h3-11,21H,12-13H2,1-2H3. The van der Waals surface area contributed by atoms with Gasteiger partial charge in [-0.15, -0.1) is 0 Å². The number of carbonyl (C=O) groups is 1. The van der Waals surface area contributed by atoms with Crippen molar-refractivity contribution in [1.29, 1.82) is 0 Å². The van der Waals surface area contributed by atoms with Gasteiger partial charge in [-0.1, -0.05) is 18.2 Å². The first-order valence-corrected chi connectivity index (χ1v) is 7.53. The van der Waals surface area contributed by atoms with E-state index in [0.29, 0.717) is 11.5 Å². The predicted octanol–water partition coefficient (Wildman–Crippen LogP) is 3.25. The van der Waals surface area contributed by atoms with Crippen molar-refractivity contribution in [3.63, 3.8) is 0 Å². The van der Waals surface area contributed by atoms with Gasteiger partial charge in [0, 0.05) is 20.3 Å². The lowest BCUT2D eigenvalue weighted by Gasteiger charge is -2.07. The molecule has 0 amide bonds. The summed E-state index contributed by atoms with van der Waals surface area (Å²) in [5, 5.41) is 9.97. The van der Waals surface area contributed by atoms with Gasteiger partial charge in [0.25, 0.3) is 0 Å². The molecule has 0 bridgehead atoms. The molecule has 0 aliphatic carbocycles. The van der Waals surface area contributed by atoms with Gasteiger partial charge in [-0.2, -0.15) is 0 Å². The number of hydrogen-bond donors (Lipinski definition) is 1. The highest BCUT2D eigenvalue weighted by atomic mass is 16.7. The van der Waals surface area contributed by atoms with Gasteiger partial charge >= 0.3 is 0 Å². The molecule has 0 atom stereocenters. The number of ether oxygens (including phenoxy) is 4. The number of ketones is 1. The molecular formula is C19H20O6. The highest BCUT2D eigenvalue weighted by Gasteiger charge is 2.09. The second kappa shape index (κ2) is 9.46. The molecule has 0 radical (unpaired) electrons. The van der Waals surface area contributed by atoms with Crippen LogP contribution < -0.4 is 9.47 Å². The van der Waals surface area contributed by atoms with Crippen LogP contribution in [0.2, 0.25) is 0 Å². The molecule has 0 saturated heterocycles. The zero-order valence-corrected chi connectivity index (χ0v) is 14.1. The molecule has 132 valence electrons. The maximum absolute atomic E-state index is 12.2. The van der Waals surface area contributed by atoms with Crippen molar-refractivity contribution in [1.82, 2.24) is 0 Å². The van der Waals surface area contributed by atoms with Gasteiger partial charge in [-0.3, -0.25) is 4.79 Å². The van der Waals surface area contributed by atoms with Crippen molar-refractivity contribution < 1.29 is 28.8 Å². The Morgan fingerprint density at radius 2 is 1.56 bits per heavy atom. The fourth-order valence-electron chi connectivity index (χ4n) is 2.00. The summed E-state index contributed by atoms with van der Waals surface area (Å²) < 4.78 is 20.1. The fourth-order valence-corrected chi connectivity index (χ4v) is 2.00. The third-order valence-electron chi connectivity index (χ3n) is 3.23. The molecule has 6 heteroatoms. The maximum Gasteiger partial charge on any atom is 0.189 e. The first-order valence-electron chi connectivity index (χ1n) is 7.53. The SMILES string of the molecule is COCOc1ccc(C=CC(=O)c2ccc(OCOC)cc2O)cc1. The third-order valence-corrected chi connectivity index (χ3v) is 3.23. The molecule has 0 fully saturated rings. The number of benzene rings is 2. The largest absolute Gasteiger partial charge is 0.507 e. The molecule has 0 spiro atoms. The van der Waals surface area contributed by atoms with E-state index in [1.165, 1.54) is 25.3 Å². The highest BCUT2D eigenvalue weighted by Crippen LogP contribution is 2.24. The van der Waals surface area contributed by atoms with Gasteiger partial charge in [0.15, 0.2) is 19.4 Å². The van der Waals surface area contributed by atoms with Crippen LogP contribution >= 0.6 is 0 Å². The van der Waals surface area contributed by atoms with E-state index in [1.54, 1.807) is 31.4 Å². The number of allylic oxidation sites excluding steroid dienone is 1. The van der Waals surface area contributed by atoms with Crippen LogP contribution in [0.4, 0.5) is 0 Å². The number of hydrogen-bond acceptors (Lipinski definition) is 6. The van der Waals surface area contributed by atoms with Crippen LogP contribution in [-0.4, -0.2) is 38.7 Å². The minimum Gasteiger partial charge on any atom is -0.507 e. The second-order valence-corrected chi connectivity index (χ2v) is 5.05. The third kappa shape index (κ3) is 5.63. The van der Waals surface area contributed by atoms with Gasteiger partial charge in [-0.25, -0.2) is 0 Å². The molecule has 1 N–H and O–H groups in total. The summed E-state index contributed by atoms with van der Waals surface area (Å²) in [7, 11) is 3.05. The van der Waals surface area contributed by atoms with E-state index in [4.69, 9.17) is 18.9 Å². The van der Waals surface area contributed by atoms with E-state index in [-0.39, 0.29) is 30.7 Å². The second-order valence-electron chi connectivity index (χ2n) is 5.05. The van der Waals surface area contributed by atoms with Crippen molar-refractivity contribution >= 4 is 11.9 Å². The zero-order chi connectivity index (χ0) is 18.1. The molecule has 2 aromatic carbocycles. The van der Waals surface area contributed by atoms with Gasteiger partial charge in [0.1, 0.15) is 17.2 Å². The zero-order valence-electron chi connectivity index (χ0n) is 14.1. The Hall–Kier alpha value is -2.83. The van der Waals surface area contributed by atoms with Gasteiger partial charge in [-0.05, 0) is 35.9 Å². The first-order chi connectivity index (χ1) is 12.1.